The second-order valence-corrected chi connectivity index (χ2v) is 6.81. The van der Waals surface area contributed by atoms with E-state index in [0.717, 1.165) is 18.0 Å². The van der Waals surface area contributed by atoms with Crippen molar-refractivity contribution in [2.75, 3.05) is 20.8 Å². The molecule has 2 rings (SSSR count). The zero-order valence-corrected chi connectivity index (χ0v) is 13.4. The van der Waals surface area contributed by atoms with Crippen molar-refractivity contribution in [3.63, 3.8) is 0 Å². The van der Waals surface area contributed by atoms with Crippen molar-refractivity contribution >= 4 is 0 Å². The van der Waals surface area contributed by atoms with E-state index in [-0.39, 0.29) is 11.0 Å². The minimum atomic E-state index is 0.152. The molecule has 1 saturated carbocycles. The maximum atomic E-state index is 5.44. The van der Waals surface area contributed by atoms with E-state index in [2.05, 4.69) is 38.2 Å². The molecule has 1 fully saturated rings. The normalized spacial score (nSPS) is 17.4. The molecule has 1 N–H and O–H groups in total. The molecule has 0 spiro atoms. The van der Waals surface area contributed by atoms with E-state index >= 15 is 0 Å². The molecule has 0 bridgehead atoms. The Kier molecular flexibility index (Phi) is 4.28. The van der Waals surface area contributed by atoms with E-state index in [1.807, 2.05) is 6.07 Å². The Morgan fingerprint density at radius 1 is 1.10 bits per heavy atom. The van der Waals surface area contributed by atoms with Gasteiger partial charge in [0.2, 0.25) is 0 Å². The minimum absolute atomic E-state index is 0.152. The van der Waals surface area contributed by atoms with Gasteiger partial charge in [0.05, 0.1) is 14.2 Å². The van der Waals surface area contributed by atoms with Gasteiger partial charge in [0.25, 0.3) is 0 Å². The van der Waals surface area contributed by atoms with Crippen LogP contribution in [0.2, 0.25) is 0 Å². The molecule has 0 amide bonds. The van der Waals surface area contributed by atoms with Gasteiger partial charge in [0, 0.05) is 17.5 Å². The van der Waals surface area contributed by atoms with E-state index in [1.165, 1.54) is 24.8 Å². The van der Waals surface area contributed by atoms with Gasteiger partial charge in [0.15, 0.2) is 11.5 Å². The van der Waals surface area contributed by atoms with E-state index in [9.17, 15) is 0 Å². The Morgan fingerprint density at radius 3 is 2.20 bits per heavy atom. The maximum absolute atomic E-state index is 5.44. The fourth-order valence-electron chi connectivity index (χ4n) is 2.77. The molecule has 0 radical (unpaired) electrons. The van der Waals surface area contributed by atoms with Gasteiger partial charge in [-0.3, -0.25) is 0 Å². The quantitative estimate of drug-likeness (QED) is 0.893. The summed E-state index contributed by atoms with van der Waals surface area (Å²) in [6, 6.07) is 6.35. The highest BCUT2D eigenvalue weighted by Crippen LogP contribution is 2.45. The lowest BCUT2D eigenvalue weighted by atomic mass is 9.64. The van der Waals surface area contributed by atoms with Gasteiger partial charge >= 0.3 is 0 Å². The van der Waals surface area contributed by atoms with Crippen molar-refractivity contribution < 1.29 is 9.47 Å². The van der Waals surface area contributed by atoms with Crippen LogP contribution in [0.4, 0.5) is 0 Å². The van der Waals surface area contributed by atoms with Gasteiger partial charge in [-0.05, 0) is 51.3 Å². The topological polar surface area (TPSA) is 30.5 Å². The SMILES string of the molecule is COc1ccc(C2(CNC(C)(C)C)CCC2)cc1OC. The molecule has 1 aromatic rings. The lowest BCUT2D eigenvalue weighted by molar-refractivity contribution is 0.212. The second-order valence-electron chi connectivity index (χ2n) is 6.81. The fraction of sp³-hybridized carbons (Fsp3) is 0.647. The summed E-state index contributed by atoms with van der Waals surface area (Å²) in [5.74, 6) is 1.63. The van der Waals surface area contributed by atoms with Crippen molar-refractivity contribution in [3.8, 4) is 11.5 Å². The van der Waals surface area contributed by atoms with Crippen LogP contribution in [0.3, 0.4) is 0 Å². The van der Waals surface area contributed by atoms with E-state index < -0.39 is 0 Å². The predicted molar refractivity (Wildman–Crippen MR) is 82.8 cm³/mol. The van der Waals surface area contributed by atoms with Crippen molar-refractivity contribution in [2.45, 2.75) is 51.0 Å². The van der Waals surface area contributed by atoms with Crippen LogP contribution < -0.4 is 14.8 Å². The number of methoxy groups -OCH3 is 2. The Hall–Kier alpha value is -1.22. The highest BCUT2D eigenvalue weighted by Gasteiger charge is 2.39. The van der Waals surface area contributed by atoms with Gasteiger partial charge in [-0.25, -0.2) is 0 Å². The molecule has 1 aromatic carbocycles. The predicted octanol–water partition coefficient (Wildman–Crippen LogP) is 3.51. The monoisotopic (exact) mass is 277 g/mol. The number of ether oxygens (including phenoxy) is 2. The van der Waals surface area contributed by atoms with Gasteiger partial charge in [0.1, 0.15) is 0 Å². The summed E-state index contributed by atoms with van der Waals surface area (Å²) in [6.07, 6.45) is 3.79. The van der Waals surface area contributed by atoms with Crippen LogP contribution in [0.5, 0.6) is 11.5 Å². The first-order valence-electron chi connectivity index (χ1n) is 7.38. The molecule has 0 unspecified atom stereocenters. The molecule has 0 atom stereocenters. The van der Waals surface area contributed by atoms with Gasteiger partial charge < -0.3 is 14.8 Å². The third kappa shape index (κ3) is 3.09. The van der Waals surface area contributed by atoms with Crippen molar-refractivity contribution in [1.82, 2.24) is 5.32 Å². The third-order valence-corrected chi connectivity index (χ3v) is 4.26. The van der Waals surface area contributed by atoms with E-state index in [0.29, 0.717) is 0 Å². The van der Waals surface area contributed by atoms with Crippen molar-refractivity contribution in [1.29, 1.82) is 0 Å². The van der Waals surface area contributed by atoms with Crippen LogP contribution >= 0.6 is 0 Å². The number of hydrogen-bond donors (Lipinski definition) is 1. The second kappa shape index (κ2) is 5.65. The Balaban J connectivity index is 2.23. The fourth-order valence-corrected chi connectivity index (χ4v) is 2.77. The van der Waals surface area contributed by atoms with Crippen LogP contribution in [-0.2, 0) is 5.41 Å². The zero-order chi connectivity index (χ0) is 14.8. The maximum Gasteiger partial charge on any atom is 0.161 e. The van der Waals surface area contributed by atoms with Crippen LogP contribution in [0, 0.1) is 0 Å². The number of benzene rings is 1. The highest BCUT2D eigenvalue weighted by molar-refractivity contribution is 5.46. The standard InChI is InChI=1S/C17H27NO2/c1-16(2,3)18-12-17(9-6-10-17)13-7-8-14(19-4)15(11-13)20-5/h7-8,11,18H,6,9-10,12H2,1-5H3. The Morgan fingerprint density at radius 2 is 1.75 bits per heavy atom. The minimum Gasteiger partial charge on any atom is -0.493 e. The van der Waals surface area contributed by atoms with E-state index in [1.54, 1.807) is 14.2 Å². The summed E-state index contributed by atoms with van der Waals surface area (Å²) in [6.45, 7) is 7.67. The first-order valence-corrected chi connectivity index (χ1v) is 7.38. The summed E-state index contributed by atoms with van der Waals surface area (Å²) >= 11 is 0. The molecule has 0 heterocycles. The number of nitrogens with one attached hydrogen (secondary N) is 1. The van der Waals surface area contributed by atoms with Gasteiger partial charge in [-0.1, -0.05) is 12.5 Å². The molecule has 112 valence electrons. The summed E-state index contributed by atoms with van der Waals surface area (Å²) in [5.41, 5.74) is 1.77. The first kappa shape index (κ1) is 15.2. The smallest absolute Gasteiger partial charge is 0.161 e. The summed E-state index contributed by atoms with van der Waals surface area (Å²) in [4.78, 5) is 0. The van der Waals surface area contributed by atoms with E-state index in [4.69, 9.17) is 9.47 Å². The van der Waals surface area contributed by atoms with Crippen LogP contribution in [0.1, 0.15) is 45.6 Å². The lowest BCUT2D eigenvalue weighted by Gasteiger charge is -2.44. The number of rotatable bonds is 5. The molecule has 0 aromatic heterocycles. The molecule has 3 nitrogen and oxygen atoms in total. The first-order chi connectivity index (χ1) is 9.40. The van der Waals surface area contributed by atoms with Crippen LogP contribution in [0.25, 0.3) is 0 Å². The van der Waals surface area contributed by atoms with Crippen molar-refractivity contribution in [3.05, 3.63) is 23.8 Å². The summed E-state index contributed by atoms with van der Waals surface area (Å²) in [5, 5.41) is 3.66. The number of hydrogen-bond acceptors (Lipinski definition) is 3. The molecule has 0 saturated heterocycles. The third-order valence-electron chi connectivity index (χ3n) is 4.26. The van der Waals surface area contributed by atoms with Crippen LogP contribution in [-0.4, -0.2) is 26.3 Å². The Bertz CT molecular complexity index is 459. The Labute approximate surface area is 122 Å². The molecule has 1 aliphatic rings. The zero-order valence-electron chi connectivity index (χ0n) is 13.4. The molecule has 3 heteroatoms. The molecule has 0 aliphatic heterocycles. The summed E-state index contributed by atoms with van der Waals surface area (Å²) in [7, 11) is 3.38. The lowest BCUT2D eigenvalue weighted by Crippen LogP contribution is -2.49. The average molecular weight is 277 g/mol. The molecule has 20 heavy (non-hydrogen) atoms. The van der Waals surface area contributed by atoms with Gasteiger partial charge in [-0.2, -0.15) is 0 Å². The van der Waals surface area contributed by atoms with Crippen molar-refractivity contribution in [2.24, 2.45) is 0 Å². The average Bonchev–Trinajstić information content (AvgIpc) is 2.35. The van der Waals surface area contributed by atoms with Crippen LogP contribution in [0.15, 0.2) is 18.2 Å². The summed E-state index contributed by atoms with van der Waals surface area (Å²) < 4.78 is 10.8. The largest absolute Gasteiger partial charge is 0.493 e. The highest BCUT2D eigenvalue weighted by atomic mass is 16.5. The molecular weight excluding hydrogens is 250 g/mol. The molecule has 1 aliphatic carbocycles. The molecular formula is C17H27NO2. The van der Waals surface area contributed by atoms with Gasteiger partial charge in [-0.15, -0.1) is 0 Å².